The van der Waals surface area contributed by atoms with Gasteiger partial charge in [-0.05, 0) is 37.4 Å². The molecular weight excluding hydrogens is 435 g/mol. The second-order valence-electron chi connectivity index (χ2n) is 6.06. The first-order chi connectivity index (χ1) is 13.8. The fourth-order valence-electron chi connectivity index (χ4n) is 2.21. The maximum atomic E-state index is 11.9. The van der Waals surface area contributed by atoms with Crippen LogP contribution in [-0.4, -0.2) is 54.4 Å². The first kappa shape index (κ1) is 25.2. The van der Waals surface area contributed by atoms with Crippen molar-refractivity contribution < 1.29 is 24.5 Å². The molecule has 0 fully saturated rings. The quantitative estimate of drug-likeness (QED) is 0.506. The molecule has 0 aromatic heterocycles. The van der Waals surface area contributed by atoms with E-state index >= 15 is 0 Å². The minimum absolute atomic E-state index is 0. The number of likely N-dealkylation sites (N-methyl/N-ethyl adjacent to an activating group) is 2. The third-order valence-electron chi connectivity index (χ3n) is 3.89. The van der Waals surface area contributed by atoms with Crippen molar-refractivity contribution in [3.63, 3.8) is 0 Å². The van der Waals surface area contributed by atoms with Gasteiger partial charge in [0.1, 0.15) is 17.9 Å². The molecule has 0 saturated carbocycles. The van der Waals surface area contributed by atoms with E-state index in [4.69, 9.17) is 21.4 Å². The standard InChI is InChI=1S/C19H21ClN4O5.ClH/c1-21-7-8-24(2)19(28)29-11-12-3-4-14(10-16(12)20)23-22-13-5-6-17(25)15(9-13)18(26)27;/h3-6,9-10,21,25H,7-8,11H2,1-2H3,(H,26,27);1H. The van der Waals surface area contributed by atoms with Crippen molar-refractivity contribution in [2.45, 2.75) is 6.61 Å². The summed E-state index contributed by atoms with van der Waals surface area (Å²) in [5.41, 5.74) is 1.04. The van der Waals surface area contributed by atoms with Crippen molar-refractivity contribution in [3.8, 4) is 5.75 Å². The number of amides is 1. The van der Waals surface area contributed by atoms with Crippen molar-refractivity contribution in [1.29, 1.82) is 0 Å². The number of nitrogens with zero attached hydrogens (tertiary/aromatic N) is 3. The molecule has 2 rings (SSSR count). The molecule has 0 unspecified atom stereocenters. The van der Waals surface area contributed by atoms with E-state index in [-0.39, 0.29) is 36.0 Å². The van der Waals surface area contributed by atoms with E-state index < -0.39 is 12.1 Å². The van der Waals surface area contributed by atoms with Gasteiger partial charge in [-0.15, -0.1) is 12.4 Å². The molecule has 30 heavy (non-hydrogen) atoms. The SMILES string of the molecule is CNCCN(C)C(=O)OCc1ccc(N=Nc2ccc(O)c(C(=O)O)c2)cc1Cl.Cl. The number of azo groups is 1. The second-order valence-corrected chi connectivity index (χ2v) is 6.47. The lowest BCUT2D eigenvalue weighted by Crippen LogP contribution is -2.33. The van der Waals surface area contributed by atoms with Gasteiger partial charge < -0.3 is 25.2 Å². The Balaban J connectivity index is 0.00000450. The molecular formula is C19H22Cl2N4O5. The summed E-state index contributed by atoms with van der Waals surface area (Å²) >= 11 is 6.22. The van der Waals surface area contributed by atoms with Gasteiger partial charge >= 0.3 is 12.1 Å². The van der Waals surface area contributed by atoms with Gasteiger partial charge in [0.2, 0.25) is 0 Å². The molecule has 11 heteroatoms. The predicted octanol–water partition coefficient (Wildman–Crippen LogP) is 4.37. The third kappa shape index (κ3) is 7.18. The maximum absolute atomic E-state index is 11.9. The van der Waals surface area contributed by atoms with Gasteiger partial charge in [-0.25, -0.2) is 9.59 Å². The molecule has 0 aliphatic heterocycles. The van der Waals surface area contributed by atoms with Crippen LogP contribution in [0.2, 0.25) is 5.02 Å². The van der Waals surface area contributed by atoms with Crippen LogP contribution in [0.15, 0.2) is 46.6 Å². The highest BCUT2D eigenvalue weighted by atomic mass is 35.5. The van der Waals surface area contributed by atoms with E-state index in [1.807, 2.05) is 0 Å². The molecule has 0 heterocycles. The Morgan fingerprint density at radius 1 is 1.17 bits per heavy atom. The van der Waals surface area contributed by atoms with Crippen LogP contribution in [0.3, 0.4) is 0 Å². The molecule has 0 aliphatic rings. The van der Waals surface area contributed by atoms with Crippen LogP contribution < -0.4 is 5.32 Å². The first-order valence-electron chi connectivity index (χ1n) is 8.60. The van der Waals surface area contributed by atoms with E-state index in [0.717, 1.165) is 0 Å². The van der Waals surface area contributed by atoms with Gasteiger partial charge in [-0.3, -0.25) is 0 Å². The number of phenols is 1. The van der Waals surface area contributed by atoms with Gasteiger partial charge in [0.05, 0.1) is 11.4 Å². The monoisotopic (exact) mass is 456 g/mol. The lowest BCUT2D eigenvalue weighted by molar-refractivity contribution is 0.0693. The Kier molecular flexibility index (Phi) is 10.0. The Labute approximate surface area is 184 Å². The lowest BCUT2D eigenvalue weighted by Gasteiger charge is -2.16. The molecule has 1 amide bonds. The minimum atomic E-state index is -1.27. The minimum Gasteiger partial charge on any atom is -0.507 e. The van der Waals surface area contributed by atoms with Crippen LogP contribution in [0.25, 0.3) is 0 Å². The number of carbonyl (C=O) groups is 2. The molecule has 9 nitrogen and oxygen atoms in total. The van der Waals surface area contributed by atoms with Gasteiger partial charge in [-0.2, -0.15) is 10.2 Å². The lowest BCUT2D eigenvalue weighted by atomic mass is 10.2. The highest BCUT2D eigenvalue weighted by Gasteiger charge is 2.12. The van der Waals surface area contributed by atoms with E-state index in [9.17, 15) is 14.7 Å². The number of aromatic carboxylic acids is 1. The Bertz CT molecular complexity index is 924. The third-order valence-corrected chi connectivity index (χ3v) is 4.24. The van der Waals surface area contributed by atoms with Gasteiger partial charge in [0.15, 0.2) is 0 Å². The van der Waals surface area contributed by atoms with Crippen LogP contribution >= 0.6 is 24.0 Å². The topological polar surface area (TPSA) is 124 Å². The summed E-state index contributed by atoms with van der Waals surface area (Å²) in [6.07, 6.45) is -0.457. The number of halogens is 2. The average molecular weight is 457 g/mol. The van der Waals surface area contributed by atoms with Gasteiger partial charge in [0, 0.05) is 30.7 Å². The number of carbonyl (C=O) groups excluding carboxylic acids is 1. The van der Waals surface area contributed by atoms with Crippen molar-refractivity contribution in [1.82, 2.24) is 10.2 Å². The smallest absolute Gasteiger partial charge is 0.409 e. The molecule has 0 bridgehead atoms. The second kappa shape index (κ2) is 12.0. The summed E-state index contributed by atoms with van der Waals surface area (Å²) in [7, 11) is 3.44. The molecule has 2 aromatic rings. The molecule has 0 spiro atoms. The Hall–Kier alpha value is -2.88. The number of carboxylic acids is 1. The summed E-state index contributed by atoms with van der Waals surface area (Å²) < 4.78 is 5.23. The molecule has 3 N–H and O–H groups in total. The van der Waals surface area contributed by atoms with Crippen LogP contribution in [0, 0.1) is 0 Å². The zero-order chi connectivity index (χ0) is 21.4. The molecule has 0 aliphatic carbocycles. The number of benzene rings is 2. The molecule has 0 atom stereocenters. The summed E-state index contributed by atoms with van der Waals surface area (Å²) in [6.45, 7) is 1.18. The van der Waals surface area contributed by atoms with Crippen LogP contribution in [-0.2, 0) is 11.3 Å². The van der Waals surface area contributed by atoms with Crippen molar-refractivity contribution in [2.75, 3.05) is 27.2 Å². The van der Waals surface area contributed by atoms with E-state index in [1.54, 1.807) is 32.3 Å². The summed E-state index contributed by atoms with van der Waals surface area (Å²) in [5, 5.41) is 29.8. The number of carboxylic acid groups (broad SMARTS) is 1. The van der Waals surface area contributed by atoms with Crippen LogP contribution in [0.1, 0.15) is 15.9 Å². The van der Waals surface area contributed by atoms with Gasteiger partial charge in [0.25, 0.3) is 0 Å². The number of nitrogens with one attached hydrogen (secondary N) is 1. The largest absolute Gasteiger partial charge is 0.507 e. The van der Waals surface area contributed by atoms with E-state index in [2.05, 4.69) is 15.5 Å². The summed E-state index contributed by atoms with van der Waals surface area (Å²) in [5.74, 6) is -1.62. The maximum Gasteiger partial charge on any atom is 0.409 e. The zero-order valence-corrected chi connectivity index (χ0v) is 17.9. The first-order valence-corrected chi connectivity index (χ1v) is 8.98. The van der Waals surface area contributed by atoms with E-state index in [1.165, 1.54) is 23.1 Å². The molecule has 162 valence electrons. The highest BCUT2D eigenvalue weighted by Crippen LogP contribution is 2.27. The van der Waals surface area contributed by atoms with Gasteiger partial charge in [-0.1, -0.05) is 17.7 Å². The number of hydrogen-bond donors (Lipinski definition) is 3. The molecule has 0 saturated heterocycles. The van der Waals surface area contributed by atoms with Crippen molar-refractivity contribution in [3.05, 3.63) is 52.5 Å². The van der Waals surface area contributed by atoms with Crippen LogP contribution in [0.4, 0.5) is 16.2 Å². The molecule has 2 aromatic carbocycles. The normalized spacial score (nSPS) is 10.5. The van der Waals surface area contributed by atoms with Crippen molar-refractivity contribution >= 4 is 47.4 Å². The van der Waals surface area contributed by atoms with Crippen LogP contribution in [0.5, 0.6) is 5.75 Å². The Morgan fingerprint density at radius 3 is 2.40 bits per heavy atom. The fourth-order valence-corrected chi connectivity index (χ4v) is 2.44. The highest BCUT2D eigenvalue weighted by molar-refractivity contribution is 6.31. The van der Waals surface area contributed by atoms with E-state index in [0.29, 0.717) is 29.4 Å². The number of rotatable bonds is 8. The predicted molar refractivity (Wildman–Crippen MR) is 115 cm³/mol. The Morgan fingerprint density at radius 2 is 1.80 bits per heavy atom. The fraction of sp³-hybridized carbons (Fsp3) is 0.263. The summed E-state index contributed by atoms with van der Waals surface area (Å²) in [4.78, 5) is 24.4. The summed E-state index contributed by atoms with van der Waals surface area (Å²) in [6, 6.07) is 8.73. The number of ether oxygens (including phenoxy) is 1. The number of hydrogen-bond acceptors (Lipinski definition) is 7. The number of aromatic hydroxyl groups is 1. The van der Waals surface area contributed by atoms with Crippen molar-refractivity contribution in [2.24, 2.45) is 10.2 Å². The average Bonchev–Trinajstić information content (AvgIpc) is 2.70. The molecule has 0 radical (unpaired) electrons. The zero-order valence-electron chi connectivity index (χ0n) is 16.3.